The van der Waals surface area contributed by atoms with Crippen LogP contribution in [0.4, 0.5) is 4.39 Å². The standard InChI is InChI=1S/C11H14ClFN2O2S/c12-9-4-1-5-10(11(9)13)18(16,17)15-6-2-3-8(15)7-14/h1,4-5,8H,2-3,6-7,14H2. The Morgan fingerprint density at radius 2 is 2.22 bits per heavy atom. The molecule has 1 heterocycles. The Bertz CT molecular complexity index is 550. The Labute approximate surface area is 111 Å². The Hall–Kier alpha value is -0.690. The average Bonchev–Trinajstić information content (AvgIpc) is 2.81. The van der Waals surface area contributed by atoms with E-state index in [2.05, 4.69) is 0 Å². The van der Waals surface area contributed by atoms with Crippen molar-refractivity contribution in [3.05, 3.63) is 29.0 Å². The normalized spacial score (nSPS) is 21.4. The van der Waals surface area contributed by atoms with E-state index in [0.717, 1.165) is 6.42 Å². The van der Waals surface area contributed by atoms with Crippen LogP contribution in [0.15, 0.2) is 23.1 Å². The van der Waals surface area contributed by atoms with Gasteiger partial charge in [-0.3, -0.25) is 0 Å². The number of nitrogens with zero attached hydrogens (tertiary/aromatic N) is 1. The molecule has 100 valence electrons. The van der Waals surface area contributed by atoms with Gasteiger partial charge in [0.25, 0.3) is 0 Å². The molecule has 1 aromatic rings. The summed E-state index contributed by atoms with van der Waals surface area (Å²) >= 11 is 5.61. The first kappa shape index (κ1) is 13.7. The SMILES string of the molecule is NCC1CCCN1S(=O)(=O)c1cccc(Cl)c1F. The first-order chi connectivity index (χ1) is 8.48. The van der Waals surface area contributed by atoms with Crippen LogP contribution in [0.2, 0.25) is 5.02 Å². The van der Waals surface area contributed by atoms with Gasteiger partial charge >= 0.3 is 0 Å². The summed E-state index contributed by atoms with van der Waals surface area (Å²) in [7, 11) is -3.86. The van der Waals surface area contributed by atoms with Crippen molar-refractivity contribution in [1.29, 1.82) is 0 Å². The highest BCUT2D eigenvalue weighted by molar-refractivity contribution is 7.89. The van der Waals surface area contributed by atoms with Crippen LogP contribution in [0, 0.1) is 5.82 Å². The van der Waals surface area contributed by atoms with Crippen LogP contribution in [0.1, 0.15) is 12.8 Å². The van der Waals surface area contributed by atoms with Gasteiger partial charge in [0.05, 0.1) is 5.02 Å². The molecule has 0 saturated carbocycles. The zero-order valence-corrected chi connectivity index (χ0v) is 11.2. The molecule has 0 spiro atoms. The largest absolute Gasteiger partial charge is 0.329 e. The molecule has 4 nitrogen and oxygen atoms in total. The fourth-order valence-corrected chi connectivity index (χ4v) is 4.19. The Kier molecular flexibility index (Phi) is 3.91. The number of rotatable bonds is 3. The number of hydrogen-bond acceptors (Lipinski definition) is 3. The Balaban J connectivity index is 2.45. The van der Waals surface area contributed by atoms with Crippen LogP contribution in [0.25, 0.3) is 0 Å². The summed E-state index contributed by atoms with van der Waals surface area (Å²) in [4.78, 5) is -0.379. The minimum absolute atomic E-state index is 0.195. The van der Waals surface area contributed by atoms with Gasteiger partial charge in [0, 0.05) is 19.1 Å². The molecule has 1 fully saturated rings. The van der Waals surface area contributed by atoms with Crippen molar-refractivity contribution in [3.63, 3.8) is 0 Å². The highest BCUT2D eigenvalue weighted by atomic mass is 35.5. The molecule has 1 aliphatic rings. The third kappa shape index (κ3) is 2.25. The summed E-state index contributed by atoms with van der Waals surface area (Å²) in [6, 6.07) is 3.71. The molecule has 1 unspecified atom stereocenters. The maximum atomic E-state index is 13.8. The molecule has 0 bridgehead atoms. The van der Waals surface area contributed by atoms with Crippen LogP contribution in [-0.4, -0.2) is 31.9 Å². The van der Waals surface area contributed by atoms with E-state index >= 15 is 0 Å². The van der Waals surface area contributed by atoms with Gasteiger partial charge in [0.15, 0.2) is 5.82 Å². The zero-order valence-electron chi connectivity index (χ0n) is 9.64. The maximum Gasteiger partial charge on any atom is 0.246 e. The van der Waals surface area contributed by atoms with E-state index in [9.17, 15) is 12.8 Å². The summed E-state index contributed by atoms with van der Waals surface area (Å²) in [6.07, 6.45) is 1.45. The molecule has 2 N–H and O–H groups in total. The molecule has 18 heavy (non-hydrogen) atoms. The molecule has 0 aliphatic carbocycles. The van der Waals surface area contributed by atoms with E-state index in [4.69, 9.17) is 17.3 Å². The summed E-state index contributed by atoms with van der Waals surface area (Å²) in [6.45, 7) is 0.609. The van der Waals surface area contributed by atoms with E-state index in [1.165, 1.54) is 22.5 Å². The quantitative estimate of drug-likeness (QED) is 0.920. The third-order valence-corrected chi connectivity index (χ3v) is 5.36. The lowest BCUT2D eigenvalue weighted by Gasteiger charge is -2.23. The van der Waals surface area contributed by atoms with Crippen LogP contribution in [-0.2, 0) is 10.0 Å². The zero-order chi connectivity index (χ0) is 13.3. The van der Waals surface area contributed by atoms with Gasteiger partial charge in [0.1, 0.15) is 4.90 Å². The smallest absolute Gasteiger partial charge is 0.246 e. The minimum atomic E-state index is -3.86. The molecule has 0 amide bonds. The highest BCUT2D eigenvalue weighted by Gasteiger charge is 2.36. The summed E-state index contributed by atoms with van der Waals surface area (Å²) in [5.41, 5.74) is 5.54. The van der Waals surface area contributed by atoms with E-state index in [-0.39, 0.29) is 22.5 Å². The number of nitrogens with two attached hydrogens (primary N) is 1. The molecule has 2 rings (SSSR count). The van der Waals surface area contributed by atoms with Crippen LogP contribution in [0.3, 0.4) is 0 Å². The van der Waals surface area contributed by atoms with Crippen molar-refractivity contribution in [1.82, 2.24) is 4.31 Å². The molecule has 1 saturated heterocycles. The second-order valence-electron chi connectivity index (χ2n) is 4.20. The third-order valence-electron chi connectivity index (χ3n) is 3.10. The number of hydrogen-bond donors (Lipinski definition) is 1. The molecule has 1 atom stereocenters. The van der Waals surface area contributed by atoms with Crippen molar-refractivity contribution in [2.24, 2.45) is 5.73 Å². The molecule has 7 heteroatoms. The Morgan fingerprint density at radius 3 is 2.89 bits per heavy atom. The van der Waals surface area contributed by atoms with E-state index in [1.54, 1.807) is 0 Å². The fraction of sp³-hybridized carbons (Fsp3) is 0.455. The van der Waals surface area contributed by atoms with E-state index in [0.29, 0.717) is 13.0 Å². The maximum absolute atomic E-state index is 13.8. The Morgan fingerprint density at radius 1 is 1.50 bits per heavy atom. The van der Waals surface area contributed by atoms with Crippen LogP contribution in [0.5, 0.6) is 0 Å². The van der Waals surface area contributed by atoms with Gasteiger partial charge in [-0.25, -0.2) is 12.8 Å². The monoisotopic (exact) mass is 292 g/mol. The average molecular weight is 293 g/mol. The van der Waals surface area contributed by atoms with Gasteiger partial charge in [0.2, 0.25) is 10.0 Å². The second kappa shape index (κ2) is 5.13. The van der Waals surface area contributed by atoms with Gasteiger partial charge in [-0.05, 0) is 25.0 Å². The topological polar surface area (TPSA) is 63.4 Å². The molecule has 1 aromatic carbocycles. The number of sulfonamides is 1. The lowest BCUT2D eigenvalue weighted by Crippen LogP contribution is -2.40. The lowest BCUT2D eigenvalue weighted by molar-refractivity contribution is 0.390. The van der Waals surface area contributed by atoms with Crippen molar-refractivity contribution in [2.75, 3.05) is 13.1 Å². The predicted molar refractivity (Wildman–Crippen MR) is 67.4 cm³/mol. The molecule has 1 aliphatic heterocycles. The van der Waals surface area contributed by atoms with Gasteiger partial charge in [-0.15, -0.1) is 0 Å². The van der Waals surface area contributed by atoms with Crippen molar-refractivity contribution >= 4 is 21.6 Å². The highest BCUT2D eigenvalue weighted by Crippen LogP contribution is 2.29. The minimum Gasteiger partial charge on any atom is -0.329 e. The summed E-state index contributed by atoms with van der Waals surface area (Å²) in [5.74, 6) is -0.901. The van der Waals surface area contributed by atoms with E-state index < -0.39 is 15.8 Å². The summed E-state index contributed by atoms with van der Waals surface area (Å²) in [5, 5.41) is -0.195. The lowest BCUT2D eigenvalue weighted by atomic mass is 10.2. The second-order valence-corrected chi connectivity index (χ2v) is 6.47. The molecular formula is C11H14ClFN2O2S. The van der Waals surface area contributed by atoms with Gasteiger partial charge < -0.3 is 5.73 Å². The number of halogens is 2. The first-order valence-corrected chi connectivity index (χ1v) is 7.46. The van der Waals surface area contributed by atoms with E-state index in [1.807, 2.05) is 0 Å². The molecular weight excluding hydrogens is 279 g/mol. The fourth-order valence-electron chi connectivity index (χ4n) is 2.17. The first-order valence-electron chi connectivity index (χ1n) is 5.64. The summed E-state index contributed by atoms with van der Waals surface area (Å²) < 4.78 is 39.8. The predicted octanol–water partition coefficient (Wildman–Crippen LogP) is 1.59. The van der Waals surface area contributed by atoms with Gasteiger partial charge in [-0.2, -0.15) is 4.31 Å². The van der Waals surface area contributed by atoms with Crippen LogP contribution >= 0.6 is 11.6 Å². The van der Waals surface area contributed by atoms with Crippen LogP contribution < -0.4 is 5.73 Å². The molecule has 0 aromatic heterocycles. The number of benzene rings is 1. The van der Waals surface area contributed by atoms with Crippen molar-refractivity contribution in [3.8, 4) is 0 Å². The van der Waals surface area contributed by atoms with Crippen molar-refractivity contribution < 1.29 is 12.8 Å². The van der Waals surface area contributed by atoms with Crippen molar-refractivity contribution in [2.45, 2.75) is 23.8 Å². The van der Waals surface area contributed by atoms with Gasteiger partial charge in [-0.1, -0.05) is 17.7 Å². The molecule has 0 radical (unpaired) electrons.